The zero-order chi connectivity index (χ0) is 102. The van der Waals surface area contributed by atoms with Gasteiger partial charge in [-0.2, -0.15) is 22.8 Å². The van der Waals surface area contributed by atoms with Crippen LogP contribution >= 0.6 is 0 Å². The summed E-state index contributed by atoms with van der Waals surface area (Å²) < 4.78 is 128. The molecule has 0 radical (unpaired) electrons. The molecule has 0 spiro atoms. The van der Waals surface area contributed by atoms with Crippen molar-refractivity contribution in [3.8, 4) is 56.3 Å². The van der Waals surface area contributed by atoms with Gasteiger partial charge < -0.3 is 0 Å². The SMILES string of the molecule is [2H]c1c(C)[n+](C)c(-c2cc(C)cc(C)c2C)c2ccc3c(C)cccc3c12.[2H]c1c(C)[n+](C)c(-c2cc(C)cc(C)c2C)c2ccc3c(F)c([Si](C)(C)C)ccc3c12.[2H]c1c(C)[n+](C)c(-c2cc(C)cc(C)c2C)c2ccc3c(F)cc(F)cc3c12.[2H]c1c(C)[n+](C)c(-c2cc(C)cc(C)c2C)c2ccc3c(F)ccc(F)c3c12.[2H]c1c(C)[n+](C)c(-c2cc(C)cc(C)c2C)c2ccc3cc(C)ccc3c12. The molecule has 0 amide bonds. The van der Waals surface area contributed by atoms with Crippen molar-refractivity contribution < 1.29 is 51.6 Å². The van der Waals surface area contributed by atoms with Gasteiger partial charge in [0, 0.05) is 119 Å². The van der Waals surface area contributed by atoms with Gasteiger partial charge >= 0.3 is 0 Å². The fourth-order valence-corrected chi connectivity index (χ4v) is 21.8. The summed E-state index contributed by atoms with van der Waals surface area (Å²) in [5.74, 6) is -2.34. The number of pyridine rings is 5. The second kappa shape index (κ2) is 37.0. The first-order valence-corrected chi connectivity index (χ1v) is 50.5. The van der Waals surface area contributed by atoms with Crippen LogP contribution < -0.4 is 28.0 Å². The quantitative estimate of drug-likeness (QED) is 0.0684. The van der Waals surface area contributed by atoms with Crippen LogP contribution in [-0.2, 0) is 35.2 Å². The molecule has 0 aliphatic heterocycles. The number of aromatic nitrogens is 5. The smallest absolute Gasteiger partial charge is 0.207 e. The van der Waals surface area contributed by atoms with E-state index >= 15 is 4.39 Å². The molecule has 5 nitrogen and oxygen atoms in total. The lowest BCUT2D eigenvalue weighted by Gasteiger charge is -2.19. The van der Waals surface area contributed by atoms with Gasteiger partial charge in [-0.25, -0.2) is 22.0 Å². The second-order valence-corrected chi connectivity index (χ2v) is 44.4. The van der Waals surface area contributed by atoms with E-state index in [1.54, 1.807) is 12.1 Å². The molecular formula is C125H127F5N5Si+5. The molecule has 0 saturated heterocycles. The Bertz CT molecular complexity index is 8790. The Kier molecular flexibility index (Phi) is 24.2. The molecule has 0 unspecified atom stereocenters. The molecule has 15 aromatic carbocycles. The van der Waals surface area contributed by atoms with Crippen molar-refractivity contribution >= 4 is 121 Å². The number of nitrogens with zero attached hydrogens (tertiary/aromatic N) is 5. The highest BCUT2D eigenvalue weighted by Gasteiger charge is 2.31. The molecule has 136 heavy (non-hydrogen) atoms. The molecule has 0 bridgehead atoms. The normalized spacial score (nSPS) is 12.2. The molecule has 20 rings (SSSR count). The summed E-state index contributed by atoms with van der Waals surface area (Å²) >= 11 is 0. The fourth-order valence-electron chi connectivity index (χ4n) is 20.4. The Morgan fingerprint density at radius 1 is 0.228 bits per heavy atom. The highest BCUT2D eigenvalue weighted by molar-refractivity contribution is 6.89. The van der Waals surface area contributed by atoms with Crippen molar-refractivity contribution in [3.63, 3.8) is 0 Å². The second-order valence-electron chi connectivity index (χ2n) is 39.4. The van der Waals surface area contributed by atoms with E-state index in [0.717, 1.165) is 150 Å². The highest BCUT2D eigenvalue weighted by Crippen LogP contribution is 2.43. The van der Waals surface area contributed by atoms with Crippen molar-refractivity contribution in [3.05, 3.63) is 376 Å². The summed E-state index contributed by atoms with van der Waals surface area (Å²) in [5, 5.41) is 17.1. The van der Waals surface area contributed by atoms with Crippen LogP contribution in [0.5, 0.6) is 0 Å². The van der Waals surface area contributed by atoms with Crippen LogP contribution in [0.4, 0.5) is 22.0 Å². The van der Waals surface area contributed by atoms with Gasteiger partial charge in [0.1, 0.15) is 64.3 Å². The first-order valence-electron chi connectivity index (χ1n) is 49.5. The third-order valence-electron chi connectivity index (χ3n) is 28.9. The Labute approximate surface area is 807 Å². The first-order chi connectivity index (χ1) is 66.4. The fraction of sp³-hybridized carbons (Fsp3) is 0.240. The lowest BCUT2D eigenvalue weighted by molar-refractivity contribution is -0.665. The molecule has 5 aromatic heterocycles. The van der Waals surface area contributed by atoms with E-state index in [4.69, 9.17) is 6.85 Å². The number of benzene rings is 15. The van der Waals surface area contributed by atoms with E-state index < -0.39 is 31.3 Å². The predicted octanol–water partition coefficient (Wildman–Crippen LogP) is 30.4. The van der Waals surface area contributed by atoms with E-state index in [2.05, 4.69) is 293 Å². The number of rotatable bonds is 6. The Morgan fingerprint density at radius 3 is 0.934 bits per heavy atom. The Hall–Kier alpha value is -13.5. The molecule has 0 saturated carbocycles. The number of halogens is 5. The van der Waals surface area contributed by atoms with E-state index in [0.29, 0.717) is 56.8 Å². The molecule has 0 aliphatic rings. The van der Waals surface area contributed by atoms with E-state index in [-0.39, 0.29) is 22.6 Å². The van der Waals surface area contributed by atoms with Crippen LogP contribution in [0.25, 0.3) is 164 Å². The zero-order valence-corrected chi connectivity index (χ0v) is 85.6. The van der Waals surface area contributed by atoms with Crippen molar-refractivity contribution in [2.24, 2.45) is 35.2 Å². The maximum Gasteiger partial charge on any atom is 0.220 e. The molecule has 5 heterocycles. The van der Waals surface area contributed by atoms with Gasteiger partial charge in [-0.15, -0.1) is 0 Å². The van der Waals surface area contributed by atoms with Gasteiger partial charge in [0.2, 0.25) is 28.5 Å². The largest absolute Gasteiger partial charge is 0.220 e. The van der Waals surface area contributed by atoms with Gasteiger partial charge in [-0.1, -0.05) is 162 Å². The number of fused-ring (bicyclic) bond motifs is 15. The minimum atomic E-state index is -1.81. The maximum atomic E-state index is 15.6. The minimum Gasteiger partial charge on any atom is -0.207 e. The summed E-state index contributed by atoms with van der Waals surface area (Å²) in [6.45, 7) is 52.5. The van der Waals surface area contributed by atoms with Crippen LogP contribution in [-0.4, -0.2) is 8.07 Å². The third kappa shape index (κ3) is 17.4. The average Bonchev–Trinajstić information content (AvgIpc) is 0.789. The molecule has 0 N–H and O–H groups in total. The summed E-state index contributed by atoms with van der Waals surface area (Å²) in [4.78, 5) is 0. The summed E-state index contributed by atoms with van der Waals surface area (Å²) in [7, 11) is 8.25. The van der Waals surface area contributed by atoms with Gasteiger partial charge in [-0.3, -0.25) is 0 Å². The van der Waals surface area contributed by atoms with Crippen LogP contribution in [0.1, 0.15) is 130 Å². The van der Waals surface area contributed by atoms with Crippen LogP contribution in [0.15, 0.2) is 224 Å². The number of hydrogen-bond acceptors (Lipinski definition) is 0. The van der Waals surface area contributed by atoms with Crippen molar-refractivity contribution in [2.75, 3.05) is 0 Å². The lowest BCUT2D eigenvalue weighted by atomic mass is 9.92. The van der Waals surface area contributed by atoms with Gasteiger partial charge in [0.25, 0.3) is 0 Å². The monoisotopic (exact) mass is 1830 g/mol. The standard InChI is InChI=1S/C27H31FNSi.2C25H26N.2C24H22F2N/c1-16-13-17(2)19(4)23(14-16)27-22-10-9-21-20(24(22)15-18(3)29(27)5)11-12-25(26(21)28)30(6,7)8;1-15-7-9-21-20(12-15)8-10-22-24(21)14-18(4)26(6)25(22)23-13-16(2)11-17(3)19(23)5;1-15-12-17(3)19(5)23(13-15)25-22-11-10-20-16(2)8-7-9-21(20)24(22)14-18(4)26(25)6;1-13-8-14(2)16(4)20(9-13)24-19-7-6-18-22(11-17(25)12-23(18)26)21(19)10-15(3)27(24)5;1-13-10-14(2)16(4)19(11-13)24-17-6-7-18-21(25)8-9-22(26)23(18)20(17)12-15(3)27(24)5/h9-15H,1-8H3;2*7-14H,1-6H3;2*6-12H,1-5H3/q5*+1/i15D;2*14D;10D;12D. The number of hydrogen-bond donors (Lipinski definition) is 0. The Balaban J connectivity index is 0.000000127. The zero-order valence-electron chi connectivity index (χ0n) is 89.6. The average molecular weight is 1830 g/mol. The minimum absolute atomic E-state index is 0.118. The van der Waals surface area contributed by atoms with Gasteiger partial charge in [0.15, 0.2) is 28.5 Å². The van der Waals surface area contributed by atoms with Gasteiger partial charge in [-0.05, 0) is 295 Å². The number of aryl methyl sites for hydroxylation is 12. The molecule has 11 heteroatoms. The van der Waals surface area contributed by atoms with Crippen molar-refractivity contribution in [2.45, 2.75) is 172 Å². The predicted molar refractivity (Wildman–Crippen MR) is 567 cm³/mol. The Morgan fingerprint density at radius 2 is 0.537 bits per heavy atom. The van der Waals surface area contributed by atoms with E-state index in [9.17, 15) is 17.6 Å². The summed E-state index contributed by atoms with van der Waals surface area (Å²) in [5.41, 5.74) is 36.4. The highest BCUT2D eigenvalue weighted by atomic mass is 28.3. The molecular weight excluding hydrogens is 1690 g/mol. The maximum absolute atomic E-state index is 15.6. The molecule has 0 aliphatic carbocycles. The van der Waals surface area contributed by atoms with E-state index in [1.165, 1.54) is 123 Å². The summed E-state index contributed by atoms with van der Waals surface area (Å²) in [6.07, 6.45) is 0. The van der Waals surface area contributed by atoms with Crippen LogP contribution in [0.2, 0.25) is 19.6 Å². The first kappa shape index (κ1) is 89.1. The molecule has 0 fully saturated rings. The van der Waals surface area contributed by atoms with Crippen LogP contribution in [0.3, 0.4) is 0 Å². The van der Waals surface area contributed by atoms with E-state index in [1.807, 2.05) is 94.4 Å². The molecule has 0 atom stereocenters. The molecule has 686 valence electrons. The van der Waals surface area contributed by atoms with Crippen molar-refractivity contribution in [1.29, 1.82) is 0 Å². The van der Waals surface area contributed by atoms with Crippen molar-refractivity contribution in [1.82, 2.24) is 0 Å². The third-order valence-corrected chi connectivity index (χ3v) is 30.9. The van der Waals surface area contributed by atoms with Gasteiger partial charge in [0.05, 0.1) is 69.7 Å². The lowest BCUT2D eigenvalue weighted by Crippen LogP contribution is -2.40. The topological polar surface area (TPSA) is 19.4 Å². The summed E-state index contributed by atoms with van der Waals surface area (Å²) in [6, 6.07) is 65.3. The molecule has 20 aromatic rings. The van der Waals surface area contributed by atoms with Crippen LogP contribution in [0, 0.1) is 181 Å².